The van der Waals surface area contributed by atoms with Crippen LogP contribution < -0.4 is 0 Å². The Balaban J connectivity index is 1.91. The van der Waals surface area contributed by atoms with Crippen LogP contribution in [-0.4, -0.2) is 15.0 Å². The maximum Gasteiger partial charge on any atom is 0.124 e. The van der Waals surface area contributed by atoms with Crippen molar-refractivity contribution in [1.82, 2.24) is 15.0 Å². The molecule has 0 bridgehead atoms. The van der Waals surface area contributed by atoms with Crippen LogP contribution in [0.2, 0.25) is 0 Å². The Hall–Kier alpha value is -2.08. The standard InChI is InChI=1S/C18H21N3/c1-2-18(13-9-4-3-5-10-14-18)21-15-17(19-20-21)16-11-7-6-8-12-16/h1,6-8,11-12,15H,3-5,9-10,13-14H2. The average molecular weight is 279 g/mol. The molecule has 1 aliphatic carbocycles. The fraction of sp³-hybridized carbons (Fsp3) is 0.444. The predicted octanol–water partition coefficient (Wildman–Crippen LogP) is 4.02. The molecule has 0 aliphatic heterocycles. The first kappa shape index (κ1) is 13.9. The lowest BCUT2D eigenvalue weighted by Crippen LogP contribution is -2.33. The molecule has 3 nitrogen and oxygen atoms in total. The van der Waals surface area contributed by atoms with Crippen molar-refractivity contribution >= 4 is 0 Å². The van der Waals surface area contributed by atoms with Crippen LogP contribution in [0.3, 0.4) is 0 Å². The Morgan fingerprint density at radius 3 is 2.33 bits per heavy atom. The molecule has 0 spiro atoms. The zero-order valence-electron chi connectivity index (χ0n) is 12.3. The molecular formula is C18H21N3. The van der Waals surface area contributed by atoms with E-state index in [0.717, 1.165) is 24.1 Å². The van der Waals surface area contributed by atoms with Gasteiger partial charge in [-0.25, -0.2) is 4.68 Å². The van der Waals surface area contributed by atoms with Gasteiger partial charge in [-0.05, 0) is 12.8 Å². The largest absolute Gasteiger partial charge is 0.234 e. The molecule has 0 amide bonds. The molecule has 0 atom stereocenters. The fourth-order valence-corrected chi connectivity index (χ4v) is 3.14. The molecule has 0 N–H and O–H groups in total. The molecule has 1 aromatic heterocycles. The summed E-state index contributed by atoms with van der Waals surface area (Å²) in [6, 6.07) is 10.1. The molecule has 3 rings (SSSR count). The van der Waals surface area contributed by atoms with Crippen molar-refractivity contribution in [3.8, 4) is 23.6 Å². The van der Waals surface area contributed by atoms with Crippen molar-refractivity contribution in [3.63, 3.8) is 0 Å². The summed E-state index contributed by atoms with van der Waals surface area (Å²) in [5, 5.41) is 8.68. The van der Waals surface area contributed by atoms with Crippen LogP contribution in [0.25, 0.3) is 11.3 Å². The molecule has 1 aliphatic rings. The first-order valence-electron chi connectivity index (χ1n) is 7.80. The highest BCUT2D eigenvalue weighted by Gasteiger charge is 2.31. The molecule has 2 aromatic rings. The second-order valence-corrected chi connectivity index (χ2v) is 5.86. The number of terminal acetylenes is 1. The van der Waals surface area contributed by atoms with Crippen LogP contribution in [0, 0.1) is 12.3 Å². The maximum absolute atomic E-state index is 5.90. The normalized spacial score (nSPS) is 18.4. The number of benzene rings is 1. The minimum Gasteiger partial charge on any atom is -0.234 e. The summed E-state index contributed by atoms with van der Waals surface area (Å²) in [4.78, 5) is 0. The van der Waals surface area contributed by atoms with E-state index in [0.29, 0.717) is 0 Å². The molecule has 0 saturated heterocycles. The summed E-state index contributed by atoms with van der Waals surface area (Å²) in [6.45, 7) is 0. The topological polar surface area (TPSA) is 30.7 Å². The van der Waals surface area contributed by atoms with Crippen molar-refractivity contribution in [2.24, 2.45) is 0 Å². The highest BCUT2D eigenvalue weighted by Crippen LogP contribution is 2.32. The molecular weight excluding hydrogens is 258 g/mol. The van der Waals surface area contributed by atoms with E-state index in [1.165, 1.54) is 32.1 Å². The zero-order chi connectivity index (χ0) is 14.5. The lowest BCUT2D eigenvalue weighted by molar-refractivity contribution is 0.262. The molecule has 1 heterocycles. The number of rotatable bonds is 2. The van der Waals surface area contributed by atoms with Crippen molar-refractivity contribution in [2.45, 2.75) is 50.5 Å². The van der Waals surface area contributed by atoms with Crippen LogP contribution in [0.5, 0.6) is 0 Å². The predicted molar refractivity (Wildman–Crippen MR) is 84.6 cm³/mol. The van der Waals surface area contributed by atoms with Crippen LogP contribution in [0.1, 0.15) is 44.9 Å². The van der Waals surface area contributed by atoms with E-state index in [-0.39, 0.29) is 5.54 Å². The molecule has 0 unspecified atom stereocenters. The van der Waals surface area contributed by atoms with Crippen molar-refractivity contribution in [3.05, 3.63) is 36.5 Å². The summed E-state index contributed by atoms with van der Waals surface area (Å²) in [5.41, 5.74) is 1.69. The summed E-state index contributed by atoms with van der Waals surface area (Å²) in [5.74, 6) is 3.03. The SMILES string of the molecule is C#CC1(n2cc(-c3ccccc3)nn2)CCCCCCC1. The first-order valence-corrected chi connectivity index (χ1v) is 7.80. The molecule has 1 aromatic carbocycles. The van der Waals surface area contributed by atoms with Crippen molar-refractivity contribution in [2.75, 3.05) is 0 Å². The Morgan fingerprint density at radius 1 is 1.00 bits per heavy atom. The van der Waals surface area contributed by atoms with E-state index in [2.05, 4.69) is 28.4 Å². The van der Waals surface area contributed by atoms with Gasteiger partial charge in [0.2, 0.25) is 0 Å². The monoisotopic (exact) mass is 279 g/mol. The van der Waals surface area contributed by atoms with Gasteiger partial charge in [0.05, 0.1) is 6.20 Å². The van der Waals surface area contributed by atoms with Gasteiger partial charge in [-0.2, -0.15) is 0 Å². The summed E-state index contributed by atoms with van der Waals surface area (Å²) in [6.07, 6.45) is 16.1. The Labute approximate surface area is 126 Å². The van der Waals surface area contributed by atoms with Gasteiger partial charge in [-0.3, -0.25) is 0 Å². The summed E-state index contributed by atoms with van der Waals surface area (Å²) in [7, 11) is 0. The number of nitrogens with zero attached hydrogens (tertiary/aromatic N) is 3. The first-order chi connectivity index (χ1) is 10.3. The van der Waals surface area contributed by atoms with Crippen LogP contribution in [0.4, 0.5) is 0 Å². The quantitative estimate of drug-likeness (QED) is 0.777. The van der Waals surface area contributed by atoms with Crippen molar-refractivity contribution < 1.29 is 0 Å². The number of hydrogen-bond donors (Lipinski definition) is 0. The Bertz CT molecular complexity index is 613. The number of hydrogen-bond acceptors (Lipinski definition) is 2. The smallest absolute Gasteiger partial charge is 0.124 e. The van der Waals surface area contributed by atoms with Gasteiger partial charge < -0.3 is 0 Å². The highest BCUT2D eigenvalue weighted by atomic mass is 15.4. The van der Waals surface area contributed by atoms with Crippen molar-refractivity contribution in [1.29, 1.82) is 0 Å². The van der Waals surface area contributed by atoms with E-state index in [1.807, 2.05) is 29.1 Å². The minimum absolute atomic E-state index is 0.291. The summed E-state index contributed by atoms with van der Waals surface area (Å²) < 4.78 is 1.93. The molecule has 3 heteroatoms. The second-order valence-electron chi connectivity index (χ2n) is 5.86. The minimum atomic E-state index is -0.291. The molecule has 108 valence electrons. The van der Waals surface area contributed by atoms with Crippen LogP contribution >= 0.6 is 0 Å². The van der Waals surface area contributed by atoms with Gasteiger partial charge in [-0.15, -0.1) is 11.5 Å². The molecule has 0 radical (unpaired) electrons. The van der Waals surface area contributed by atoms with E-state index < -0.39 is 0 Å². The van der Waals surface area contributed by atoms with Gasteiger partial charge in [0, 0.05) is 5.56 Å². The van der Waals surface area contributed by atoms with Gasteiger partial charge in [0.1, 0.15) is 11.2 Å². The zero-order valence-corrected chi connectivity index (χ0v) is 12.3. The number of aromatic nitrogens is 3. The van der Waals surface area contributed by atoms with Gasteiger partial charge in [0.15, 0.2) is 0 Å². The third-order valence-corrected chi connectivity index (χ3v) is 4.45. The van der Waals surface area contributed by atoms with Gasteiger partial charge >= 0.3 is 0 Å². The van der Waals surface area contributed by atoms with E-state index in [1.54, 1.807) is 0 Å². The average Bonchev–Trinajstić information content (AvgIpc) is 2.99. The maximum atomic E-state index is 5.90. The van der Waals surface area contributed by atoms with E-state index in [4.69, 9.17) is 6.42 Å². The third-order valence-electron chi connectivity index (χ3n) is 4.45. The Morgan fingerprint density at radius 2 is 1.67 bits per heavy atom. The lowest BCUT2D eigenvalue weighted by Gasteiger charge is -2.30. The molecule has 1 fully saturated rings. The van der Waals surface area contributed by atoms with E-state index in [9.17, 15) is 0 Å². The summed E-state index contributed by atoms with van der Waals surface area (Å²) >= 11 is 0. The fourth-order valence-electron chi connectivity index (χ4n) is 3.14. The van der Waals surface area contributed by atoms with Gasteiger partial charge in [-0.1, -0.05) is 73.6 Å². The van der Waals surface area contributed by atoms with Crippen LogP contribution in [-0.2, 0) is 5.54 Å². The lowest BCUT2D eigenvalue weighted by atomic mass is 9.84. The van der Waals surface area contributed by atoms with E-state index >= 15 is 0 Å². The second kappa shape index (κ2) is 6.13. The highest BCUT2D eigenvalue weighted by molar-refractivity contribution is 5.57. The molecule has 1 saturated carbocycles. The van der Waals surface area contributed by atoms with Gasteiger partial charge in [0.25, 0.3) is 0 Å². The Kier molecular flexibility index (Phi) is 4.06. The van der Waals surface area contributed by atoms with Crippen LogP contribution in [0.15, 0.2) is 36.5 Å². The third kappa shape index (κ3) is 2.85. The molecule has 21 heavy (non-hydrogen) atoms.